The molecule has 0 unspecified atom stereocenters. The Labute approximate surface area is 94.2 Å². The second-order valence-electron chi connectivity index (χ2n) is 3.93. The van der Waals surface area contributed by atoms with Gasteiger partial charge in [-0.05, 0) is 13.8 Å². The van der Waals surface area contributed by atoms with Crippen molar-refractivity contribution in [1.82, 2.24) is 20.3 Å². The van der Waals surface area contributed by atoms with Gasteiger partial charge >= 0.3 is 0 Å². The number of carbonyl (C=O) groups excluding carboxylic acids is 1. The first-order valence-electron chi connectivity index (χ1n) is 4.84. The minimum absolute atomic E-state index is 0.0815. The molecule has 1 rings (SSSR count). The van der Waals surface area contributed by atoms with Gasteiger partial charge in [-0.3, -0.25) is 4.79 Å². The molecule has 0 saturated heterocycles. The van der Waals surface area contributed by atoms with Crippen LogP contribution >= 0.6 is 0 Å². The van der Waals surface area contributed by atoms with Gasteiger partial charge in [0.2, 0.25) is 5.91 Å². The van der Waals surface area contributed by atoms with Crippen molar-refractivity contribution in [3.63, 3.8) is 0 Å². The third-order valence-corrected chi connectivity index (χ3v) is 1.91. The van der Waals surface area contributed by atoms with E-state index >= 15 is 0 Å². The first kappa shape index (κ1) is 12.2. The van der Waals surface area contributed by atoms with E-state index in [4.69, 9.17) is 12.2 Å². The van der Waals surface area contributed by atoms with E-state index in [-0.39, 0.29) is 12.5 Å². The van der Waals surface area contributed by atoms with Gasteiger partial charge in [0.1, 0.15) is 6.54 Å². The molecule has 1 heterocycles. The van der Waals surface area contributed by atoms with Crippen molar-refractivity contribution in [3.8, 4) is 12.3 Å². The molecule has 1 aromatic heterocycles. The van der Waals surface area contributed by atoms with Crippen LogP contribution in [-0.4, -0.2) is 26.4 Å². The molecule has 0 aromatic carbocycles. The van der Waals surface area contributed by atoms with Crippen molar-refractivity contribution in [2.75, 3.05) is 0 Å². The van der Waals surface area contributed by atoms with Gasteiger partial charge in [-0.2, -0.15) is 0 Å². The van der Waals surface area contributed by atoms with Crippen LogP contribution in [0.25, 0.3) is 0 Å². The Balaban J connectivity index is 2.56. The molecule has 0 aliphatic carbocycles. The molecule has 0 saturated carbocycles. The second-order valence-corrected chi connectivity index (χ2v) is 3.93. The highest BCUT2D eigenvalue weighted by molar-refractivity contribution is 5.76. The number of hydrogen-bond acceptors (Lipinski definition) is 4. The Morgan fingerprint density at radius 2 is 2.44 bits per heavy atom. The summed E-state index contributed by atoms with van der Waals surface area (Å²) in [5.74, 6) is 2.27. The van der Waals surface area contributed by atoms with Crippen LogP contribution < -0.4 is 11.1 Å². The number of hydrogen-bond donors (Lipinski definition) is 2. The van der Waals surface area contributed by atoms with Crippen molar-refractivity contribution in [2.45, 2.75) is 32.5 Å². The molecule has 0 atom stereocenters. The van der Waals surface area contributed by atoms with E-state index in [1.165, 1.54) is 4.68 Å². The number of terminal acetylenes is 1. The monoisotopic (exact) mass is 221 g/mol. The van der Waals surface area contributed by atoms with E-state index in [9.17, 15) is 4.79 Å². The van der Waals surface area contributed by atoms with Crippen LogP contribution in [0.1, 0.15) is 19.5 Å². The summed E-state index contributed by atoms with van der Waals surface area (Å²) in [6, 6.07) is 0. The lowest BCUT2D eigenvalue weighted by molar-refractivity contribution is -0.122. The van der Waals surface area contributed by atoms with Crippen LogP contribution in [0.3, 0.4) is 0 Å². The van der Waals surface area contributed by atoms with Crippen LogP contribution in [0.2, 0.25) is 0 Å². The molecular formula is C10H15N5O. The van der Waals surface area contributed by atoms with Crippen molar-refractivity contribution in [3.05, 3.63) is 11.9 Å². The molecule has 16 heavy (non-hydrogen) atoms. The molecule has 0 aliphatic heterocycles. The van der Waals surface area contributed by atoms with Crippen molar-refractivity contribution < 1.29 is 4.79 Å². The fraction of sp³-hybridized carbons (Fsp3) is 0.500. The number of nitrogens with one attached hydrogen (secondary N) is 1. The van der Waals surface area contributed by atoms with Gasteiger partial charge in [-0.25, -0.2) is 4.68 Å². The molecule has 0 bridgehead atoms. The van der Waals surface area contributed by atoms with Gasteiger partial charge in [0.05, 0.1) is 17.4 Å². The van der Waals surface area contributed by atoms with Gasteiger partial charge in [-0.15, -0.1) is 11.5 Å². The molecule has 6 heteroatoms. The molecule has 0 fully saturated rings. The standard InChI is InChI=1S/C10H15N5O/c1-4-10(2,3)12-9(16)7-15-6-8(5-11)13-14-15/h1,6H,5,7,11H2,2-3H3,(H,12,16). The zero-order chi connectivity index (χ0) is 12.2. The molecule has 86 valence electrons. The van der Waals surface area contributed by atoms with E-state index in [1.54, 1.807) is 20.0 Å². The maximum atomic E-state index is 11.6. The lowest BCUT2D eigenvalue weighted by Gasteiger charge is -2.19. The fourth-order valence-corrected chi connectivity index (χ4v) is 1.08. The summed E-state index contributed by atoms with van der Waals surface area (Å²) < 4.78 is 1.42. The highest BCUT2D eigenvalue weighted by atomic mass is 16.2. The predicted molar refractivity (Wildman–Crippen MR) is 59.0 cm³/mol. The zero-order valence-corrected chi connectivity index (χ0v) is 9.40. The van der Waals surface area contributed by atoms with Gasteiger partial charge in [0.15, 0.2) is 0 Å². The molecule has 6 nitrogen and oxygen atoms in total. The molecule has 0 radical (unpaired) electrons. The number of nitrogens with two attached hydrogens (primary N) is 1. The van der Waals surface area contributed by atoms with Crippen LogP contribution in [-0.2, 0) is 17.9 Å². The summed E-state index contributed by atoms with van der Waals surface area (Å²) in [7, 11) is 0. The predicted octanol–water partition coefficient (Wildman–Crippen LogP) is -0.735. The fourth-order valence-electron chi connectivity index (χ4n) is 1.08. The van der Waals surface area contributed by atoms with Crippen molar-refractivity contribution in [2.24, 2.45) is 5.73 Å². The Bertz CT molecular complexity index is 415. The molecule has 1 aromatic rings. The molecule has 0 spiro atoms. The van der Waals surface area contributed by atoms with Crippen LogP contribution in [0.5, 0.6) is 0 Å². The van der Waals surface area contributed by atoms with Gasteiger partial charge in [0.25, 0.3) is 0 Å². The van der Waals surface area contributed by atoms with Gasteiger partial charge in [0, 0.05) is 6.54 Å². The molecule has 3 N–H and O–H groups in total. The average Bonchev–Trinajstić information content (AvgIpc) is 2.64. The summed E-state index contributed by atoms with van der Waals surface area (Å²) in [6.45, 7) is 3.88. The first-order chi connectivity index (χ1) is 7.46. The maximum Gasteiger partial charge on any atom is 0.242 e. The normalized spacial score (nSPS) is 10.9. The number of nitrogens with zero attached hydrogens (tertiary/aromatic N) is 3. The lowest BCUT2D eigenvalue weighted by atomic mass is 10.1. The zero-order valence-electron chi connectivity index (χ0n) is 9.40. The molecule has 1 amide bonds. The lowest BCUT2D eigenvalue weighted by Crippen LogP contribution is -2.43. The van der Waals surface area contributed by atoms with Crippen LogP contribution in [0.4, 0.5) is 0 Å². The maximum absolute atomic E-state index is 11.6. The van der Waals surface area contributed by atoms with E-state index in [0.29, 0.717) is 12.2 Å². The smallest absolute Gasteiger partial charge is 0.242 e. The second kappa shape index (κ2) is 4.77. The number of amides is 1. The largest absolute Gasteiger partial charge is 0.339 e. The quantitative estimate of drug-likeness (QED) is 0.656. The van der Waals surface area contributed by atoms with Crippen LogP contribution in [0.15, 0.2) is 6.20 Å². The van der Waals surface area contributed by atoms with E-state index in [2.05, 4.69) is 21.5 Å². The van der Waals surface area contributed by atoms with E-state index in [0.717, 1.165) is 0 Å². The minimum Gasteiger partial charge on any atom is -0.339 e. The Morgan fingerprint density at radius 1 is 1.75 bits per heavy atom. The summed E-state index contributed by atoms with van der Waals surface area (Å²) in [6.07, 6.45) is 6.89. The third-order valence-electron chi connectivity index (χ3n) is 1.91. The first-order valence-corrected chi connectivity index (χ1v) is 4.84. The summed E-state index contributed by atoms with van der Waals surface area (Å²) in [4.78, 5) is 11.6. The topological polar surface area (TPSA) is 85.8 Å². The number of rotatable bonds is 4. The Morgan fingerprint density at radius 3 is 2.94 bits per heavy atom. The SMILES string of the molecule is C#CC(C)(C)NC(=O)Cn1cc(CN)nn1. The molecular weight excluding hydrogens is 206 g/mol. The van der Waals surface area contributed by atoms with Crippen LogP contribution in [0, 0.1) is 12.3 Å². The van der Waals surface area contributed by atoms with Gasteiger partial charge < -0.3 is 11.1 Å². The van der Waals surface area contributed by atoms with E-state index < -0.39 is 5.54 Å². The average molecular weight is 221 g/mol. The highest BCUT2D eigenvalue weighted by Gasteiger charge is 2.17. The number of aromatic nitrogens is 3. The summed E-state index contributed by atoms with van der Waals surface area (Å²) >= 11 is 0. The van der Waals surface area contributed by atoms with Gasteiger partial charge in [-0.1, -0.05) is 11.1 Å². The van der Waals surface area contributed by atoms with E-state index in [1.807, 2.05) is 0 Å². The Hall–Kier alpha value is -1.87. The Kier molecular flexibility index (Phi) is 3.64. The van der Waals surface area contributed by atoms with Crippen molar-refractivity contribution >= 4 is 5.91 Å². The number of carbonyl (C=O) groups is 1. The highest BCUT2D eigenvalue weighted by Crippen LogP contribution is 1.99. The summed E-state index contributed by atoms with van der Waals surface area (Å²) in [5.41, 5.74) is 5.36. The summed E-state index contributed by atoms with van der Waals surface area (Å²) in [5, 5.41) is 10.2. The molecule has 0 aliphatic rings. The minimum atomic E-state index is -0.658. The third kappa shape index (κ3) is 3.37. The van der Waals surface area contributed by atoms with Crippen molar-refractivity contribution in [1.29, 1.82) is 0 Å².